The monoisotopic (exact) mass is 516 g/mol. The molecule has 0 bridgehead atoms. The first-order valence-corrected chi connectivity index (χ1v) is 10.7. The summed E-state index contributed by atoms with van der Waals surface area (Å²) in [6.07, 6.45) is 7.07. The third kappa shape index (κ3) is 7.57. The van der Waals surface area contributed by atoms with Crippen molar-refractivity contribution in [2.45, 2.75) is 45.2 Å². The fraction of sp³-hybridized carbons (Fsp3) is 0.714. The van der Waals surface area contributed by atoms with Gasteiger partial charge in [0, 0.05) is 57.6 Å². The first-order chi connectivity index (χ1) is 13.8. The molecule has 29 heavy (non-hydrogen) atoms. The predicted octanol–water partition coefficient (Wildman–Crippen LogP) is 2.47. The van der Waals surface area contributed by atoms with E-state index in [2.05, 4.69) is 43.4 Å². The summed E-state index contributed by atoms with van der Waals surface area (Å²) in [5.74, 6) is 1.90. The maximum atomic E-state index is 5.46. The van der Waals surface area contributed by atoms with Gasteiger partial charge in [-0.25, -0.2) is 4.98 Å². The molecular weight excluding hydrogens is 479 g/mol. The van der Waals surface area contributed by atoms with E-state index in [1.807, 2.05) is 19.3 Å². The first-order valence-electron chi connectivity index (χ1n) is 10.7. The minimum absolute atomic E-state index is 0. The molecule has 0 saturated carbocycles. The number of pyridine rings is 1. The number of morpholine rings is 1. The van der Waals surface area contributed by atoms with Crippen LogP contribution in [0.2, 0.25) is 0 Å². The summed E-state index contributed by atoms with van der Waals surface area (Å²) in [6.45, 7) is 9.74. The molecule has 2 N–H and O–H groups in total. The predicted molar refractivity (Wildman–Crippen MR) is 130 cm³/mol. The summed E-state index contributed by atoms with van der Waals surface area (Å²) < 4.78 is 5.46. The van der Waals surface area contributed by atoms with Gasteiger partial charge in [0.2, 0.25) is 0 Å². The number of aliphatic imine (C=N–C) groups is 1. The van der Waals surface area contributed by atoms with Gasteiger partial charge in [0.15, 0.2) is 5.96 Å². The minimum Gasteiger partial charge on any atom is -0.378 e. The van der Waals surface area contributed by atoms with E-state index in [0.717, 1.165) is 63.6 Å². The van der Waals surface area contributed by atoms with Crippen LogP contribution in [0.5, 0.6) is 0 Å². The van der Waals surface area contributed by atoms with Crippen LogP contribution < -0.4 is 15.5 Å². The second-order valence-electron chi connectivity index (χ2n) is 7.67. The molecule has 1 aromatic rings. The Bertz CT molecular complexity index is 623. The fourth-order valence-corrected chi connectivity index (χ4v) is 4.01. The average molecular weight is 516 g/mol. The molecule has 0 spiro atoms. The van der Waals surface area contributed by atoms with Crippen molar-refractivity contribution in [3.05, 3.63) is 23.9 Å². The summed E-state index contributed by atoms with van der Waals surface area (Å²) in [6, 6.07) is 4.86. The third-order valence-corrected chi connectivity index (χ3v) is 5.70. The molecule has 2 fully saturated rings. The molecule has 2 aliphatic rings. The van der Waals surface area contributed by atoms with E-state index in [9.17, 15) is 0 Å². The van der Waals surface area contributed by atoms with Crippen LogP contribution in [0.15, 0.2) is 23.3 Å². The molecule has 164 valence electrons. The zero-order valence-corrected chi connectivity index (χ0v) is 20.2. The van der Waals surface area contributed by atoms with Crippen LogP contribution in [-0.4, -0.2) is 74.9 Å². The van der Waals surface area contributed by atoms with Gasteiger partial charge in [0.25, 0.3) is 0 Å². The van der Waals surface area contributed by atoms with Crippen molar-refractivity contribution in [1.29, 1.82) is 0 Å². The van der Waals surface area contributed by atoms with E-state index >= 15 is 0 Å². The van der Waals surface area contributed by atoms with Crippen LogP contribution in [0.25, 0.3) is 0 Å². The smallest absolute Gasteiger partial charge is 0.191 e. The highest BCUT2D eigenvalue weighted by Crippen LogP contribution is 2.18. The number of halogens is 1. The summed E-state index contributed by atoms with van der Waals surface area (Å²) in [7, 11) is 1.83. The zero-order chi connectivity index (χ0) is 19.6. The number of nitrogens with one attached hydrogen (secondary N) is 2. The second kappa shape index (κ2) is 13.2. The summed E-state index contributed by atoms with van der Waals surface area (Å²) in [5.41, 5.74) is 1.19. The number of hydrogen-bond donors (Lipinski definition) is 2. The van der Waals surface area contributed by atoms with Crippen LogP contribution >= 0.6 is 24.0 Å². The molecule has 1 unspecified atom stereocenters. The Labute approximate surface area is 192 Å². The highest BCUT2D eigenvalue weighted by Gasteiger charge is 2.17. The topological polar surface area (TPSA) is 65.0 Å². The number of aromatic nitrogens is 1. The number of rotatable bonds is 7. The lowest BCUT2D eigenvalue weighted by Gasteiger charge is -2.33. The van der Waals surface area contributed by atoms with Gasteiger partial charge < -0.3 is 25.2 Å². The highest BCUT2D eigenvalue weighted by molar-refractivity contribution is 14.0. The van der Waals surface area contributed by atoms with E-state index in [-0.39, 0.29) is 24.0 Å². The van der Waals surface area contributed by atoms with Crippen LogP contribution in [0.3, 0.4) is 0 Å². The number of piperidine rings is 1. The molecule has 0 aliphatic carbocycles. The van der Waals surface area contributed by atoms with Gasteiger partial charge in [0.05, 0.1) is 13.2 Å². The Morgan fingerprint density at radius 2 is 2.07 bits per heavy atom. The lowest BCUT2D eigenvalue weighted by Crippen LogP contribution is -2.41. The summed E-state index contributed by atoms with van der Waals surface area (Å²) >= 11 is 0. The van der Waals surface area contributed by atoms with Gasteiger partial charge in [-0.2, -0.15) is 0 Å². The van der Waals surface area contributed by atoms with Crippen LogP contribution in [0.1, 0.15) is 38.2 Å². The molecule has 2 saturated heterocycles. The Morgan fingerprint density at radius 1 is 1.24 bits per heavy atom. The van der Waals surface area contributed by atoms with E-state index in [4.69, 9.17) is 4.74 Å². The number of ether oxygens (including phenoxy) is 1. The summed E-state index contributed by atoms with van der Waals surface area (Å²) in [5, 5.41) is 6.89. The van der Waals surface area contributed by atoms with Crippen LogP contribution in [0, 0.1) is 0 Å². The van der Waals surface area contributed by atoms with Crippen molar-refractivity contribution in [2.75, 3.05) is 57.9 Å². The molecule has 0 radical (unpaired) electrons. The molecule has 3 rings (SSSR count). The number of nitrogens with zero attached hydrogens (tertiary/aromatic N) is 4. The molecule has 2 aliphatic heterocycles. The van der Waals surface area contributed by atoms with Gasteiger partial charge in [-0.05, 0) is 38.8 Å². The van der Waals surface area contributed by atoms with Gasteiger partial charge in [-0.3, -0.25) is 4.99 Å². The number of hydrogen-bond acceptors (Lipinski definition) is 5. The Hall–Kier alpha value is -1.13. The third-order valence-electron chi connectivity index (χ3n) is 5.70. The minimum atomic E-state index is 0. The molecule has 1 atom stereocenters. The van der Waals surface area contributed by atoms with Crippen LogP contribution in [-0.2, 0) is 11.3 Å². The van der Waals surface area contributed by atoms with Crippen molar-refractivity contribution in [1.82, 2.24) is 20.5 Å². The number of guanidine groups is 1. The summed E-state index contributed by atoms with van der Waals surface area (Å²) in [4.78, 5) is 13.9. The van der Waals surface area contributed by atoms with Crippen molar-refractivity contribution < 1.29 is 4.74 Å². The zero-order valence-electron chi connectivity index (χ0n) is 17.9. The van der Waals surface area contributed by atoms with E-state index in [1.54, 1.807) is 0 Å². The maximum absolute atomic E-state index is 5.46. The molecule has 3 heterocycles. The normalized spacial score (nSPS) is 20.8. The standard InChI is InChI=1S/C21H36N6O.HI/c1-18-7-3-4-11-26(18)12-6-10-24-21(22-2)25-17-19-8-5-9-23-20(19)27-13-15-28-16-14-27;/h5,8-9,18H,3-4,6-7,10-17H2,1-2H3,(H2,22,24,25);1H. The fourth-order valence-electron chi connectivity index (χ4n) is 4.01. The molecule has 0 amide bonds. The van der Waals surface area contributed by atoms with E-state index in [1.165, 1.54) is 31.4 Å². The van der Waals surface area contributed by atoms with Crippen molar-refractivity contribution in [2.24, 2.45) is 4.99 Å². The Balaban J connectivity index is 0.00000300. The number of anilines is 1. The van der Waals surface area contributed by atoms with Crippen molar-refractivity contribution >= 4 is 35.8 Å². The molecule has 7 nitrogen and oxygen atoms in total. The second-order valence-corrected chi connectivity index (χ2v) is 7.67. The average Bonchev–Trinajstić information content (AvgIpc) is 2.75. The van der Waals surface area contributed by atoms with Crippen molar-refractivity contribution in [3.8, 4) is 0 Å². The van der Waals surface area contributed by atoms with Gasteiger partial charge in [0.1, 0.15) is 5.82 Å². The van der Waals surface area contributed by atoms with Gasteiger partial charge >= 0.3 is 0 Å². The van der Waals surface area contributed by atoms with Crippen LogP contribution in [0.4, 0.5) is 5.82 Å². The SMILES string of the molecule is CN=C(NCCCN1CCCCC1C)NCc1cccnc1N1CCOCC1.I. The maximum Gasteiger partial charge on any atom is 0.191 e. The van der Waals surface area contributed by atoms with E-state index in [0.29, 0.717) is 6.54 Å². The lowest BCUT2D eigenvalue weighted by atomic mass is 10.0. The van der Waals surface area contributed by atoms with Gasteiger partial charge in [-0.15, -0.1) is 24.0 Å². The first kappa shape index (κ1) is 24.1. The quantitative estimate of drug-likeness (QED) is 0.251. The van der Waals surface area contributed by atoms with Crippen molar-refractivity contribution in [3.63, 3.8) is 0 Å². The largest absolute Gasteiger partial charge is 0.378 e. The van der Waals surface area contributed by atoms with E-state index < -0.39 is 0 Å². The Morgan fingerprint density at radius 3 is 2.83 bits per heavy atom. The number of likely N-dealkylation sites (tertiary alicyclic amines) is 1. The molecule has 8 heteroatoms. The Kier molecular flexibility index (Phi) is 11.0. The highest BCUT2D eigenvalue weighted by atomic mass is 127. The van der Waals surface area contributed by atoms with Gasteiger partial charge in [-0.1, -0.05) is 12.5 Å². The lowest BCUT2D eigenvalue weighted by molar-refractivity contribution is 0.122. The molecular formula is C21H37IN6O. The molecule has 0 aromatic carbocycles. The molecule has 1 aromatic heterocycles.